The minimum atomic E-state index is -3.18. The molecule has 98 valence electrons. The summed E-state index contributed by atoms with van der Waals surface area (Å²) in [5, 5.41) is 3.15. The van der Waals surface area contributed by atoms with E-state index in [1.807, 2.05) is 0 Å². The first-order valence-corrected chi connectivity index (χ1v) is 7.77. The fourth-order valence-corrected chi connectivity index (χ4v) is 2.99. The van der Waals surface area contributed by atoms with Crippen LogP contribution in [0.25, 0.3) is 0 Å². The van der Waals surface area contributed by atoms with Crippen LogP contribution in [0.15, 0.2) is 29.2 Å². The first kappa shape index (κ1) is 13.2. The molecule has 1 heterocycles. The number of hydrogen-bond donors (Lipinski definition) is 1. The maximum Gasteiger partial charge on any atom is 0.178 e. The number of carbonyl (C=O) groups excluding carboxylic acids is 1. The molecule has 1 aliphatic rings. The first-order valence-electron chi connectivity index (χ1n) is 6.12. The molecular weight excluding hydrogens is 250 g/mol. The number of carbonyl (C=O) groups is 1. The van der Waals surface area contributed by atoms with Crippen molar-refractivity contribution in [2.75, 3.05) is 18.8 Å². The average Bonchev–Trinajstić information content (AvgIpc) is 2.92. The van der Waals surface area contributed by atoms with Gasteiger partial charge in [-0.25, -0.2) is 8.42 Å². The van der Waals surface area contributed by atoms with Gasteiger partial charge in [-0.05, 0) is 25.1 Å². The lowest BCUT2D eigenvalue weighted by Crippen LogP contribution is -2.18. The summed E-state index contributed by atoms with van der Waals surface area (Å²) in [6.07, 6.45) is 0.855. The predicted molar refractivity (Wildman–Crippen MR) is 69.5 cm³/mol. The van der Waals surface area contributed by atoms with E-state index in [0.717, 1.165) is 13.0 Å². The maximum atomic E-state index is 12.1. The number of hydrogen-bond acceptors (Lipinski definition) is 4. The second-order valence-electron chi connectivity index (χ2n) is 4.48. The van der Waals surface area contributed by atoms with Gasteiger partial charge in [-0.1, -0.05) is 19.1 Å². The van der Waals surface area contributed by atoms with Gasteiger partial charge in [-0.2, -0.15) is 0 Å². The Kier molecular flexibility index (Phi) is 3.82. The molecule has 0 saturated carbocycles. The zero-order valence-electron chi connectivity index (χ0n) is 10.3. The van der Waals surface area contributed by atoms with Crippen LogP contribution in [0, 0.1) is 5.92 Å². The topological polar surface area (TPSA) is 63.2 Å². The summed E-state index contributed by atoms with van der Waals surface area (Å²) >= 11 is 0. The standard InChI is InChI=1S/C13H17NO3S/c1-2-18(16,17)12-5-3-10(4-6-12)13(15)11-7-8-14-9-11/h3-6,11,14H,2,7-9H2,1H3. The smallest absolute Gasteiger partial charge is 0.178 e. The molecule has 0 amide bonds. The Labute approximate surface area is 107 Å². The molecule has 0 spiro atoms. The fourth-order valence-electron chi connectivity index (χ4n) is 2.11. The third kappa shape index (κ3) is 2.62. The molecule has 4 nitrogen and oxygen atoms in total. The molecule has 5 heteroatoms. The van der Waals surface area contributed by atoms with E-state index >= 15 is 0 Å². The van der Waals surface area contributed by atoms with Crippen molar-refractivity contribution in [1.82, 2.24) is 5.32 Å². The Bertz CT molecular complexity index is 528. The molecule has 0 radical (unpaired) electrons. The molecule has 1 unspecified atom stereocenters. The highest BCUT2D eigenvalue weighted by Crippen LogP contribution is 2.18. The molecular formula is C13H17NO3S. The SMILES string of the molecule is CCS(=O)(=O)c1ccc(C(=O)C2CCNC2)cc1. The molecule has 18 heavy (non-hydrogen) atoms. The molecule has 0 aliphatic carbocycles. The summed E-state index contributed by atoms with van der Waals surface area (Å²) in [5.41, 5.74) is 0.596. The average molecular weight is 267 g/mol. The second-order valence-corrected chi connectivity index (χ2v) is 6.76. The van der Waals surface area contributed by atoms with Crippen molar-refractivity contribution in [2.45, 2.75) is 18.2 Å². The maximum absolute atomic E-state index is 12.1. The van der Waals surface area contributed by atoms with Crippen molar-refractivity contribution in [1.29, 1.82) is 0 Å². The van der Waals surface area contributed by atoms with E-state index < -0.39 is 9.84 Å². The molecule has 1 aromatic carbocycles. The summed E-state index contributed by atoms with van der Waals surface area (Å²) in [7, 11) is -3.18. The van der Waals surface area contributed by atoms with E-state index in [0.29, 0.717) is 12.1 Å². The highest BCUT2D eigenvalue weighted by molar-refractivity contribution is 7.91. The van der Waals surface area contributed by atoms with Gasteiger partial charge in [0.1, 0.15) is 0 Å². The van der Waals surface area contributed by atoms with E-state index in [1.54, 1.807) is 19.1 Å². The fraction of sp³-hybridized carbons (Fsp3) is 0.462. The lowest BCUT2D eigenvalue weighted by molar-refractivity contribution is 0.0930. The monoisotopic (exact) mass is 267 g/mol. The van der Waals surface area contributed by atoms with Gasteiger partial charge < -0.3 is 5.32 Å². The second kappa shape index (κ2) is 5.20. The molecule has 2 rings (SSSR count). The molecule has 1 N–H and O–H groups in total. The zero-order valence-corrected chi connectivity index (χ0v) is 11.2. The Balaban J connectivity index is 2.20. The van der Waals surface area contributed by atoms with Gasteiger partial charge in [0.25, 0.3) is 0 Å². The Hall–Kier alpha value is -1.20. The van der Waals surface area contributed by atoms with Crippen molar-refractivity contribution >= 4 is 15.6 Å². The van der Waals surface area contributed by atoms with Gasteiger partial charge in [-0.15, -0.1) is 0 Å². The van der Waals surface area contributed by atoms with Crippen molar-refractivity contribution in [2.24, 2.45) is 5.92 Å². The third-order valence-corrected chi connectivity index (χ3v) is 5.06. The minimum absolute atomic E-state index is 0.0265. The van der Waals surface area contributed by atoms with E-state index in [-0.39, 0.29) is 22.3 Å². The van der Waals surface area contributed by atoms with Crippen LogP contribution in [0.1, 0.15) is 23.7 Å². The van der Waals surface area contributed by atoms with Crippen molar-refractivity contribution in [3.8, 4) is 0 Å². The van der Waals surface area contributed by atoms with Crippen molar-refractivity contribution in [3.63, 3.8) is 0 Å². The number of benzene rings is 1. The zero-order chi connectivity index (χ0) is 13.2. The van der Waals surface area contributed by atoms with E-state index in [1.165, 1.54) is 12.1 Å². The van der Waals surface area contributed by atoms with Gasteiger partial charge in [0.15, 0.2) is 15.6 Å². The van der Waals surface area contributed by atoms with Crippen LogP contribution < -0.4 is 5.32 Å². The summed E-state index contributed by atoms with van der Waals surface area (Å²) < 4.78 is 23.3. The summed E-state index contributed by atoms with van der Waals surface area (Å²) in [6.45, 7) is 3.20. The van der Waals surface area contributed by atoms with Crippen LogP contribution in [-0.4, -0.2) is 33.0 Å². The molecule has 1 aliphatic heterocycles. The van der Waals surface area contributed by atoms with E-state index in [9.17, 15) is 13.2 Å². The van der Waals surface area contributed by atoms with Gasteiger partial charge in [0.05, 0.1) is 10.6 Å². The Morgan fingerprint density at radius 3 is 2.50 bits per heavy atom. The summed E-state index contributed by atoms with van der Waals surface area (Å²) in [5.74, 6) is 0.200. The predicted octanol–water partition coefficient (Wildman–Crippen LogP) is 1.27. The van der Waals surface area contributed by atoms with Gasteiger partial charge in [0, 0.05) is 18.0 Å². The van der Waals surface area contributed by atoms with E-state index in [4.69, 9.17) is 0 Å². The molecule has 1 aromatic rings. The Morgan fingerprint density at radius 2 is 2.00 bits per heavy atom. The van der Waals surface area contributed by atoms with Crippen LogP contribution in [0.2, 0.25) is 0 Å². The van der Waals surface area contributed by atoms with Gasteiger partial charge >= 0.3 is 0 Å². The molecule has 1 fully saturated rings. The van der Waals surface area contributed by atoms with Gasteiger partial charge in [-0.3, -0.25) is 4.79 Å². The van der Waals surface area contributed by atoms with Crippen LogP contribution >= 0.6 is 0 Å². The number of nitrogens with one attached hydrogen (secondary N) is 1. The minimum Gasteiger partial charge on any atom is -0.316 e. The van der Waals surface area contributed by atoms with Crippen molar-refractivity contribution in [3.05, 3.63) is 29.8 Å². The lowest BCUT2D eigenvalue weighted by atomic mass is 9.97. The summed E-state index contributed by atoms with van der Waals surface area (Å²) in [4.78, 5) is 12.4. The van der Waals surface area contributed by atoms with Crippen LogP contribution in [0.4, 0.5) is 0 Å². The quantitative estimate of drug-likeness (QED) is 0.835. The van der Waals surface area contributed by atoms with Gasteiger partial charge in [0.2, 0.25) is 0 Å². The number of sulfone groups is 1. The molecule has 0 aromatic heterocycles. The van der Waals surface area contributed by atoms with Crippen LogP contribution in [0.3, 0.4) is 0 Å². The largest absolute Gasteiger partial charge is 0.316 e. The van der Waals surface area contributed by atoms with Crippen LogP contribution in [-0.2, 0) is 9.84 Å². The molecule has 0 bridgehead atoms. The number of Topliss-reactive ketones (excluding diaryl/α,β-unsaturated/α-hetero) is 1. The first-order chi connectivity index (χ1) is 8.54. The van der Waals surface area contributed by atoms with Crippen LogP contribution in [0.5, 0.6) is 0 Å². The van der Waals surface area contributed by atoms with Crippen molar-refractivity contribution < 1.29 is 13.2 Å². The summed E-state index contributed by atoms with van der Waals surface area (Å²) in [6, 6.07) is 6.27. The molecule has 1 atom stereocenters. The molecule has 1 saturated heterocycles. The highest BCUT2D eigenvalue weighted by atomic mass is 32.2. The number of rotatable bonds is 4. The lowest BCUT2D eigenvalue weighted by Gasteiger charge is -2.08. The highest BCUT2D eigenvalue weighted by Gasteiger charge is 2.23. The van der Waals surface area contributed by atoms with E-state index in [2.05, 4.69) is 5.32 Å². The number of ketones is 1. The third-order valence-electron chi connectivity index (χ3n) is 3.31. The Morgan fingerprint density at radius 1 is 1.33 bits per heavy atom. The normalized spacial score (nSPS) is 19.9.